The molecule has 160 valence electrons. The van der Waals surface area contributed by atoms with Crippen LogP contribution in [0.4, 0.5) is 0 Å². The van der Waals surface area contributed by atoms with Crippen molar-refractivity contribution in [3.05, 3.63) is 0 Å². The molecule has 0 saturated heterocycles. The normalized spacial score (nSPS) is 9.62. The number of amides is 4. The minimum absolute atomic E-state index is 0. The fourth-order valence-electron chi connectivity index (χ4n) is 1.46. The van der Waals surface area contributed by atoms with Crippen LogP contribution >= 0.6 is 23.5 Å². The van der Waals surface area contributed by atoms with Crippen molar-refractivity contribution in [1.82, 2.24) is 10.6 Å². The Labute approximate surface area is 170 Å². The van der Waals surface area contributed by atoms with Crippen LogP contribution in [0.25, 0.3) is 0 Å². The molecule has 0 rings (SSSR count). The Morgan fingerprint density at radius 1 is 0.692 bits per heavy atom. The Morgan fingerprint density at radius 2 is 1.00 bits per heavy atom. The van der Waals surface area contributed by atoms with E-state index in [0.29, 0.717) is 61.8 Å². The minimum atomic E-state index is -0.339. The van der Waals surface area contributed by atoms with Crippen molar-refractivity contribution < 1.29 is 24.9 Å². The van der Waals surface area contributed by atoms with Crippen LogP contribution in [0.3, 0.4) is 0 Å². The summed E-state index contributed by atoms with van der Waals surface area (Å²) in [7, 11) is 0. The van der Waals surface area contributed by atoms with Gasteiger partial charge in [0.15, 0.2) is 0 Å². The number of thioether (sulfide) groups is 2. The molecule has 0 unspecified atom stereocenters. The maximum Gasteiger partial charge on any atom is 0.220 e. The smallest absolute Gasteiger partial charge is 0.220 e. The van der Waals surface area contributed by atoms with E-state index in [1.54, 1.807) is 0 Å². The second kappa shape index (κ2) is 19.9. The van der Waals surface area contributed by atoms with Gasteiger partial charge in [-0.3, -0.25) is 19.2 Å². The van der Waals surface area contributed by atoms with Crippen LogP contribution < -0.4 is 22.1 Å². The van der Waals surface area contributed by atoms with E-state index in [1.807, 2.05) is 13.8 Å². The monoisotopic (exact) mass is 416 g/mol. The van der Waals surface area contributed by atoms with Crippen molar-refractivity contribution in [2.24, 2.45) is 11.5 Å². The fourth-order valence-corrected chi connectivity index (χ4v) is 3.22. The lowest BCUT2D eigenvalue weighted by atomic mass is 10.4. The van der Waals surface area contributed by atoms with Crippen LogP contribution in [0.15, 0.2) is 0 Å². The average molecular weight is 417 g/mol. The van der Waals surface area contributed by atoms with E-state index in [1.165, 1.54) is 23.5 Å². The lowest BCUT2D eigenvalue weighted by Gasteiger charge is -2.07. The molecule has 0 saturated carbocycles. The lowest BCUT2D eigenvalue weighted by Crippen LogP contribution is -2.34. The van der Waals surface area contributed by atoms with E-state index in [9.17, 15) is 19.2 Å². The number of hydrogen-bond donors (Lipinski definition) is 4. The second-order valence-electron chi connectivity index (χ2n) is 4.86. The van der Waals surface area contributed by atoms with Crippen molar-refractivity contribution in [3.63, 3.8) is 0 Å². The van der Waals surface area contributed by atoms with Gasteiger partial charge in [-0.1, -0.05) is 13.8 Å². The highest BCUT2D eigenvalue weighted by atomic mass is 32.2. The van der Waals surface area contributed by atoms with Crippen LogP contribution in [0.2, 0.25) is 0 Å². The van der Waals surface area contributed by atoms with Gasteiger partial charge in [0.1, 0.15) is 0 Å². The maximum atomic E-state index is 11.5. The summed E-state index contributed by atoms with van der Waals surface area (Å²) in [5.74, 6) is 1.66. The number of primary amides is 2. The fraction of sp³-hybridized carbons (Fsp3) is 0.750. The van der Waals surface area contributed by atoms with E-state index in [0.717, 1.165) is 0 Å². The molecular weight excluding hydrogens is 376 g/mol. The molecule has 0 aromatic carbocycles. The Morgan fingerprint density at radius 3 is 1.31 bits per heavy atom. The van der Waals surface area contributed by atoms with Crippen molar-refractivity contribution in [2.75, 3.05) is 36.1 Å². The van der Waals surface area contributed by atoms with Crippen molar-refractivity contribution in [1.29, 1.82) is 0 Å². The third kappa shape index (κ3) is 22.6. The number of carbonyl (C=O) groups excluding carboxylic acids is 4. The Bertz CT molecular complexity index is 402. The third-order valence-electron chi connectivity index (χ3n) is 2.70. The first-order valence-corrected chi connectivity index (χ1v) is 11.0. The molecule has 8 nitrogen and oxygen atoms in total. The molecule has 0 radical (unpaired) electrons. The topological polar surface area (TPSA) is 144 Å². The number of rotatable bonds is 15. The molecule has 0 atom stereocenters. The molecule has 0 aromatic heterocycles. The Kier molecular flexibility index (Phi) is 20.5. The predicted molar refractivity (Wildman–Crippen MR) is 117 cm³/mol. The largest absolute Gasteiger partial charge is 0.370 e. The minimum Gasteiger partial charge on any atom is -0.370 e. The summed E-state index contributed by atoms with van der Waals surface area (Å²) in [5.41, 5.74) is 10.0. The van der Waals surface area contributed by atoms with Gasteiger partial charge in [0, 0.05) is 67.5 Å². The zero-order chi connectivity index (χ0) is 20.2. The molecule has 0 aromatic rings. The van der Waals surface area contributed by atoms with Crippen LogP contribution in [-0.4, -0.2) is 59.7 Å². The summed E-state index contributed by atoms with van der Waals surface area (Å²) < 4.78 is 0. The molecule has 0 heterocycles. The van der Waals surface area contributed by atoms with E-state index in [-0.39, 0.29) is 29.3 Å². The average Bonchev–Trinajstić information content (AvgIpc) is 2.59. The zero-order valence-corrected chi connectivity index (χ0v) is 17.3. The number of carbonyl (C=O) groups is 4. The van der Waals surface area contributed by atoms with Crippen LogP contribution in [0.5, 0.6) is 0 Å². The van der Waals surface area contributed by atoms with Gasteiger partial charge >= 0.3 is 0 Å². The summed E-state index contributed by atoms with van der Waals surface area (Å²) in [6, 6.07) is 0. The van der Waals surface area contributed by atoms with Gasteiger partial charge in [-0.2, -0.15) is 23.5 Å². The van der Waals surface area contributed by atoms with E-state index in [4.69, 9.17) is 11.5 Å². The molecule has 0 bridgehead atoms. The summed E-state index contributed by atoms with van der Waals surface area (Å²) >= 11 is 3.01. The van der Waals surface area contributed by atoms with Gasteiger partial charge in [-0.25, -0.2) is 0 Å². The van der Waals surface area contributed by atoms with Gasteiger partial charge in [-0.15, -0.1) is 0 Å². The molecule has 0 spiro atoms. The highest BCUT2D eigenvalue weighted by molar-refractivity contribution is 7.99. The molecule has 26 heavy (non-hydrogen) atoms. The quantitative estimate of drug-likeness (QED) is 0.295. The molecule has 0 aliphatic carbocycles. The second-order valence-corrected chi connectivity index (χ2v) is 7.31. The number of nitrogens with one attached hydrogen (secondary N) is 2. The van der Waals surface area contributed by atoms with E-state index >= 15 is 0 Å². The Balaban J connectivity index is -0.000000232. The highest BCUT2D eigenvalue weighted by Crippen LogP contribution is 2.04. The van der Waals surface area contributed by atoms with Gasteiger partial charge in [-0.05, 0) is 0 Å². The molecule has 0 fully saturated rings. The predicted octanol–water partition coefficient (Wildman–Crippen LogP) is 1.23. The molecular formula is C16H40N4O4S2. The van der Waals surface area contributed by atoms with Gasteiger partial charge in [0.25, 0.3) is 0 Å². The third-order valence-corrected chi connectivity index (χ3v) is 4.67. The zero-order valence-electron chi connectivity index (χ0n) is 15.7. The molecule has 10 heteroatoms. The molecule has 0 aliphatic rings. The van der Waals surface area contributed by atoms with Gasteiger partial charge in [0.2, 0.25) is 23.6 Å². The van der Waals surface area contributed by atoms with Gasteiger partial charge < -0.3 is 22.1 Å². The van der Waals surface area contributed by atoms with Crippen LogP contribution in [-0.2, 0) is 19.2 Å². The Hall–Kier alpha value is -1.42. The molecule has 4 amide bonds. The summed E-state index contributed by atoms with van der Waals surface area (Å²) in [6.07, 6.45) is 1.38. The number of nitrogens with two attached hydrogens (primary N) is 2. The van der Waals surface area contributed by atoms with Crippen molar-refractivity contribution in [3.8, 4) is 0 Å². The first-order valence-electron chi connectivity index (χ1n) is 8.67. The summed E-state index contributed by atoms with van der Waals surface area (Å²) in [4.78, 5) is 44.1. The summed E-state index contributed by atoms with van der Waals surface area (Å²) in [6.45, 7) is 4.76. The standard InChI is InChI=1S/C14H26N4O4S2.C2H6.4H2/c15-11(19)1-7-23-9-3-13(21)17-5-6-18-14(22)4-10-24-8-2-12(16)20;1-2;;;;/h1-10H2,(H2,15,19)(H2,16,20)(H,17,21)(H,18,22);1-2H3;4*1H. The molecule has 0 aliphatic heterocycles. The SMILES string of the molecule is CC.NC(=O)CCSCCC(=O)NCCNC(=O)CCSCCC(N)=O.[HH].[HH].[HH].[HH]. The first-order chi connectivity index (χ1) is 12.4. The van der Waals surface area contributed by atoms with Crippen LogP contribution in [0, 0.1) is 0 Å². The van der Waals surface area contributed by atoms with E-state index in [2.05, 4.69) is 10.6 Å². The molecule has 6 N–H and O–H groups in total. The van der Waals surface area contributed by atoms with Crippen molar-refractivity contribution in [2.45, 2.75) is 39.5 Å². The highest BCUT2D eigenvalue weighted by Gasteiger charge is 2.04. The maximum absolute atomic E-state index is 11.5. The lowest BCUT2D eigenvalue weighted by molar-refractivity contribution is -0.122. The number of hydrogen-bond acceptors (Lipinski definition) is 6. The van der Waals surface area contributed by atoms with Crippen LogP contribution in [0.1, 0.15) is 45.2 Å². The first kappa shape index (κ1) is 26.8. The van der Waals surface area contributed by atoms with Gasteiger partial charge in [0.05, 0.1) is 0 Å². The summed E-state index contributed by atoms with van der Waals surface area (Å²) in [5, 5.41) is 5.42. The van der Waals surface area contributed by atoms with Crippen molar-refractivity contribution >= 4 is 47.2 Å². The van der Waals surface area contributed by atoms with E-state index < -0.39 is 0 Å².